The monoisotopic (exact) mass is 260 g/mol. The van der Waals surface area contributed by atoms with Crippen LogP contribution in [0, 0.1) is 11.3 Å². The quantitative estimate of drug-likeness (QED) is 0.874. The zero-order valence-corrected chi connectivity index (χ0v) is 12.8. The maximum atomic E-state index is 4.20. The molecule has 1 N–H and O–H groups in total. The van der Waals surface area contributed by atoms with Crippen LogP contribution >= 0.6 is 0 Å². The summed E-state index contributed by atoms with van der Waals surface area (Å²) >= 11 is 0. The van der Waals surface area contributed by atoms with E-state index in [2.05, 4.69) is 44.1 Å². The second kappa shape index (κ2) is 6.04. The molecule has 1 aliphatic carbocycles. The molecule has 1 fully saturated rings. The summed E-state index contributed by atoms with van der Waals surface area (Å²) in [7, 11) is 0. The van der Waals surface area contributed by atoms with E-state index < -0.39 is 0 Å². The van der Waals surface area contributed by atoms with Gasteiger partial charge in [-0.05, 0) is 55.6 Å². The van der Waals surface area contributed by atoms with Crippen molar-refractivity contribution in [2.75, 3.05) is 0 Å². The molecule has 1 aromatic heterocycles. The van der Waals surface area contributed by atoms with Crippen LogP contribution in [0.15, 0.2) is 24.5 Å². The van der Waals surface area contributed by atoms with Gasteiger partial charge in [0, 0.05) is 24.5 Å². The molecule has 19 heavy (non-hydrogen) atoms. The van der Waals surface area contributed by atoms with Crippen molar-refractivity contribution < 1.29 is 0 Å². The highest BCUT2D eigenvalue weighted by Crippen LogP contribution is 2.38. The van der Waals surface area contributed by atoms with E-state index in [9.17, 15) is 0 Å². The summed E-state index contributed by atoms with van der Waals surface area (Å²) < 4.78 is 0. The first-order valence-electron chi connectivity index (χ1n) is 7.63. The zero-order chi connectivity index (χ0) is 13.9. The van der Waals surface area contributed by atoms with Crippen LogP contribution < -0.4 is 5.32 Å². The average molecular weight is 260 g/mol. The molecule has 0 spiro atoms. The highest BCUT2D eigenvalue weighted by molar-refractivity contribution is 5.13. The standard InChI is InChI=1S/C17H28N2/c1-13(14-6-5-11-18-12-14)19-16-9-7-15(8-10-16)17(2,3)4/h5-6,11-13,15-16,19H,7-10H2,1-4H3/t13-,15?,16?/m1/s1. The van der Waals surface area contributed by atoms with Gasteiger partial charge in [-0.25, -0.2) is 0 Å². The zero-order valence-electron chi connectivity index (χ0n) is 12.8. The summed E-state index contributed by atoms with van der Waals surface area (Å²) in [6.45, 7) is 9.38. The minimum atomic E-state index is 0.407. The van der Waals surface area contributed by atoms with Crippen LogP contribution in [-0.4, -0.2) is 11.0 Å². The lowest BCUT2D eigenvalue weighted by atomic mass is 9.71. The molecule has 0 amide bonds. The first-order valence-corrected chi connectivity index (χ1v) is 7.63. The molecule has 106 valence electrons. The second-order valence-electron chi connectivity index (χ2n) is 7.09. The Hall–Kier alpha value is -0.890. The summed E-state index contributed by atoms with van der Waals surface area (Å²) in [5.41, 5.74) is 1.76. The fraction of sp³-hybridized carbons (Fsp3) is 0.706. The number of nitrogens with zero attached hydrogens (tertiary/aromatic N) is 1. The Balaban J connectivity index is 1.83. The first kappa shape index (κ1) is 14.5. The lowest BCUT2D eigenvalue weighted by molar-refractivity contribution is 0.157. The van der Waals surface area contributed by atoms with Crippen molar-refractivity contribution in [3.8, 4) is 0 Å². The molecule has 0 unspecified atom stereocenters. The summed E-state index contributed by atoms with van der Waals surface area (Å²) in [5.74, 6) is 0.888. The molecule has 0 radical (unpaired) electrons. The Bertz CT molecular complexity index is 372. The molecule has 0 bridgehead atoms. The van der Waals surface area contributed by atoms with E-state index in [1.807, 2.05) is 18.5 Å². The molecule has 1 heterocycles. The van der Waals surface area contributed by atoms with Crippen LogP contribution in [-0.2, 0) is 0 Å². The SMILES string of the molecule is C[C@@H](NC1CCC(C(C)(C)C)CC1)c1cccnc1. The molecule has 0 aliphatic heterocycles. The summed E-state index contributed by atoms with van der Waals surface area (Å²) in [4.78, 5) is 4.20. The van der Waals surface area contributed by atoms with Crippen molar-refractivity contribution in [1.29, 1.82) is 0 Å². The number of hydrogen-bond acceptors (Lipinski definition) is 2. The van der Waals surface area contributed by atoms with Gasteiger partial charge in [0.2, 0.25) is 0 Å². The Labute approximate surface area is 118 Å². The molecule has 2 heteroatoms. The largest absolute Gasteiger partial charge is 0.307 e. The minimum Gasteiger partial charge on any atom is -0.307 e. The van der Waals surface area contributed by atoms with E-state index in [0.29, 0.717) is 17.5 Å². The van der Waals surface area contributed by atoms with E-state index >= 15 is 0 Å². The molecule has 1 aromatic rings. The Morgan fingerprint density at radius 3 is 2.42 bits per heavy atom. The number of rotatable bonds is 3. The van der Waals surface area contributed by atoms with Gasteiger partial charge in [-0.2, -0.15) is 0 Å². The van der Waals surface area contributed by atoms with Crippen LogP contribution in [0.3, 0.4) is 0 Å². The van der Waals surface area contributed by atoms with Crippen molar-refractivity contribution in [3.05, 3.63) is 30.1 Å². The predicted molar refractivity (Wildman–Crippen MR) is 81.0 cm³/mol. The van der Waals surface area contributed by atoms with Gasteiger partial charge in [0.15, 0.2) is 0 Å². The normalized spacial score (nSPS) is 26.1. The van der Waals surface area contributed by atoms with Crippen molar-refractivity contribution in [2.24, 2.45) is 11.3 Å². The molecular weight excluding hydrogens is 232 g/mol. The van der Waals surface area contributed by atoms with Crippen LogP contribution in [0.4, 0.5) is 0 Å². The topological polar surface area (TPSA) is 24.9 Å². The van der Waals surface area contributed by atoms with Gasteiger partial charge in [-0.15, -0.1) is 0 Å². The third kappa shape index (κ3) is 4.04. The van der Waals surface area contributed by atoms with E-state index in [-0.39, 0.29) is 0 Å². The van der Waals surface area contributed by atoms with Gasteiger partial charge in [0.25, 0.3) is 0 Å². The van der Waals surface area contributed by atoms with Crippen molar-refractivity contribution in [1.82, 2.24) is 10.3 Å². The molecule has 0 saturated heterocycles. The van der Waals surface area contributed by atoms with E-state index in [1.165, 1.54) is 31.2 Å². The fourth-order valence-corrected chi connectivity index (χ4v) is 3.21. The fourth-order valence-electron chi connectivity index (χ4n) is 3.21. The van der Waals surface area contributed by atoms with Gasteiger partial charge >= 0.3 is 0 Å². The van der Waals surface area contributed by atoms with Crippen LogP contribution in [0.1, 0.15) is 65.0 Å². The number of pyridine rings is 1. The van der Waals surface area contributed by atoms with Gasteiger partial charge in [-0.1, -0.05) is 26.8 Å². The Morgan fingerprint density at radius 2 is 1.89 bits per heavy atom. The minimum absolute atomic E-state index is 0.407. The van der Waals surface area contributed by atoms with E-state index in [1.54, 1.807) is 0 Å². The van der Waals surface area contributed by atoms with Gasteiger partial charge in [-0.3, -0.25) is 4.98 Å². The van der Waals surface area contributed by atoms with Crippen LogP contribution in [0.5, 0.6) is 0 Å². The van der Waals surface area contributed by atoms with Gasteiger partial charge in [0.1, 0.15) is 0 Å². The lowest BCUT2D eigenvalue weighted by Crippen LogP contribution is -2.37. The molecule has 2 nitrogen and oxygen atoms in total. The predicted octanol–water partition coefficient (Wildman–Crippen LogP) is 4.34. The lowest BCUT2D eigenvalue weighted by Gasteiger charge is -2.38. The van der Waals surface area contributed by atoms with Crippen molar-refractivity contribution in [3.63, 3.8) is 0 Å². The summed E-state index contributed by atoms with van der Waals surface area (Å²) in [6, 6.07) is 5.26. The van der Waals surface area contributed by atoms with Crippen LogP contribution in [0.2, 0.25) is 0 Å². The first-order chi connectivity index (χ1) is 8.97. The summed E-state index contributed by atoms with van der Waals surface area (Å²) in [5, 5.41) is 3.77. The van der Waals surface area contributed by atoms with Crippen LogP contribution in [0.25, 0.3) is 0 Å². The highest BCUT2D eigenvalue weighted by atomic mass is 14.9. The van der Waals surface area contributed by atoms with Crippen molar-refractivity contribution >= 4 is 0 Å². The number of hydrogen-bond donors (Lipinski definition) is 1. The highest BCUT2D eigenvalue weighted by Gasteiger charge is 2.29. The average Bonchev–Trinajstić information content (AvgIpc) is 2.39. The molecule has 1 saturated carbocycles. The third-order valence-electron chi connectivity index (χ3n) is 4.62. The maximum absolute atomic E-state index is 4.20. The molecular formula is C17H28N2. The molecule has 1 aliphatic rings. The molecule has 0 aromatic carbocycles. The maximum Gasteiger partial charge on any atom is 0.0315 e. The smallest absolute Gasteiger partial charge is 0.0315 e. The second-order valence-corrected chi connectivity index (χ2v) is 7.09. The third-order valence-corrected chi connectivity index (χ3v) is 4.62. The number of aromatic nitrogens is 1. The Kier molecular flexibility index (Phi) is 4.62. The van der Waals surface area contributed by atoms with Crippen molar-refractivity contribution in [2.45, 2.75) is 65.5 Å². The van der Waals surface area contributed by atoms with E-state index in [4.69, 9.17) is 0 Å². The van der Waals surface area contributed by atoms with Gasteiger partial charge in [0.05, 0.1) is 0 Å². The Morgan fingerprint density at radius 1 is 1.21 bits per heavy atom. The number of nitrogens with one attached hydrogen (secondary N) is 1. The van der Waals surface area contributed by atoms with E-state index in [0.717, 1.165) is 5.92 Å². The van der Waals surface area contributed by atoms with Gasteiger partial charge < -0.3 is 5.32 Å². The molecule has 1 atom stereocenters. The molecule has 2 rings (SSSR count). The summed E-state index contributed by atoms with van der Waals surface area (Å²) in [6.07, 6.45) is 9.16.